The molecule has 2 atom stereocenters. The van der Waals surface area contributed by atoms with E-state index in [2.05, 4.69) is 4.98 Å². The van der Waals surface area contributed by atoms with Crippen molar-refractivity contribution in [2.45, 2.75) is 64.5 Å². The summed E-state index contributed by atoms with van der Waals surface area (Å²) in [5.41, 5.74) is 0.772. The molecule has 6 nitrogen and oxygen atoms in total. The zero-order valence-electron chi connectivity index (χ0n) is 14.4. The molecule has 0 aliphatic carbocycles. The van der Waals surface area contributed by atoms with Gasteiger partial charge >= 0.3 is 5.97 Å². The summed E-state index contributed by atoms with van der Waals surface area (Å²) in [4.78, 5) is 29.8. The number of piperidine rings is 1. The van der Waals surface area contributed by atoms with Crippen molar-refractivity contribution in [3.63, 3.8) is 0 Å². The summed E-state index contributed by atoms with van der Waals surface area (Å²) in [5, 5.41) is 11.7. The van der Waals surface area contributed by atoms with Gasteiger partial charge in [-0.15, -0.1) is 11.3 Å². The lowest BCUT2D eigenvalue weighted by molar-refractivity contribution is -0.139. The lowest BCUT2D eigenvalue weighted by atomic mass is 9.97. The molecular weight excluding hydrogens is 328 g/mol. The van der Waals surface area contributed by atoms with Crippen molar-refractivity contribution in [3.05, 3.63) is 16.1 Å². The molecule has 1 aromatic rings. The number of hydrogen-bond acceptors (Lipinski definition) is 5. The summed E-state index contributed by atoms with van der Waals surface area (Å²) in [6.07, 6.45) is 3.80. The number of amides is 1. The Hall–Kier alpha value is -1.47. The first-order chi connectivity index (χ1) is 11.5. The molecule has 1 N–H and O–H groups in total. The first-order valence-electron chi connectivity index (χ1n) is 8.58. The second-order valence-electron chi connectivity index (χ2n) is 6.12. The Morgan fingerprint density at radius 1 is 1.50 bits per heavy atom. The number of thiazole rings is 1. The van der Waals surface area contributed by atoms with Crippen LogP contribution in [0.1, 0.15) is 62.8 Å². The van der Waals surface area contributed by atoms with E-state index in [0.717, 1.165) is 36.5 Å². The van der Waals surface area contributed by atoms with Crippen LogP contribution in [0, 0.1) is 0 Å². The maximum Gasteiger partial charge on any atom is 0.303 e. The minimum Gasteiger partial charge on any atom is -0.481 e. The van der Waals surface area contributed by atoms with Crippen molar-refractivity contribution >= 4 is 23.2 Å². The molecule has 0 radical (unpaired) electrons. The zero-order chi connectivity index (χ0) is 17.5. The van der Waals surface area contributed by atoms with Gasteiger partial charge in [0.15, 0.2) is 0 Å². The van der Waals surface area contributed by atoms with Crippen LogP contribution >= 0.6 is 11.3 Å². The van der Waals surface area contributed by atoms with E-state index in [1.54, 1.807) is 0 Å². The van der Waals surface area contributed by atoms with Crippen molar-refractivity contribution in [2.75, 3.05) is 13.2 Å². The van der Waals surface area contributed by atoms with Crippen molar-refractivity contribution in [3.8, 4) is 0 Å². The number of nitrogens with zero attached hydrogens (tertiary/aromatic N) is 2. The number of aliphatic carboxylic acids is 1. The van der Waals surface area contributed by atoms with Crippen LogP contribution in [-0.2, 0) is 20.7 Å². The van der Waals surface area contributed by atoms with Crippen LogP contribution in [0.4, 0.5) is 0 Å². The molecule has 2 rings (SSSR count). The average molecular weight is 354 g/mol. The number of carboxylic acids is 1. The van der Waals surface area contributed by atoms with E-state index in [-0.39, 0.29) is 30.9 Å². The van der Waals surface area contributed by atoms with E-state index in [1.165, 1.54) is 11.3 Å². The number of carbonyl (C=O) groups is 2. The number of ether oxygens (including phenoxy) is 1. The fraction of sp³-hybridized carbons (Fsp3) is 0.706. The SMILES string of the molecule is CCO[C@H](C)c1nc(CC(=O)N2CCCC[C@@H]2CCC(=O)O)cs1. The number of carbonyl (C=O) groups excluding carboxylic acids is 1. The third-order valence-electron chi connectivity index (χ3n) is 4.31. The molecule has 0 bridgehead atoms. The number of aromatic nitrogens is 1. The molecular formula is C17H26N2O4S. The Kier molecular flexibility index (Phi) is 7.17. The Morgan fingerprint density at radius 2 is 2.29 bits per heavy atom. The highest BCUT2D eigenvalue weighted by Gasteiger charge is 2.27. The number of hydrogen-bond donors (Lipinski definition) is 1. The molecule has 1 fully saturated rings. The third kappa shape index (κ3) is 5.27. The van der Waals surface area contributed by atoms with Crippen LogP contribution in [0.5, 0.6) is 0 Å². The number of rotatable bonds is 8. The fourth-order valence-corrected chi connectivity index (χ4v) is 3.91. The number of likely N-dealkylation sites (tertiary alicyclic amines) is 1. The molecule has 134 valence electrons. The van der Waals surface area contributed by atoms with Crippen molar-refractivity contribution in [1.82, 2.24) is 9.88 Å². The van der Waals surface area contributed by atoms with Crippen LogP contribution in [0.2, 0.25) is 0 Å². The Balaban J connectivity index is 1.95. The molecule has 1 saturated heterocycles. The molecule has 1 aliphatic heterocycles. The molecule has 0 aromatic carbocycles. The minimum absolute atomic E-state index is 0.0443. The maximum atomic E-state index is 12.6. The average Bonchev–Trinajstić information content (AvgIpc) is 3.02. The van der Waals surface area contributed by atoms with Crippen LogP contribution in [0.25, 0.3) is 0 Å². The monoisotopic (exact) mass is 354 g/mol. The molecule has 1 amide bonds. The molecule has 2 heterocycles. The Labute approximate surface area is 146 Å². The minimum atomic E-state index is -0.804. The van der Waals surface area contributed by atoms with Crippen LogP contribution in [0.15, 0.2) is 5.38 Å². The van der Waals surface area contributed by atoms with Crippen LogP contribution in [0.3, 0.4) is 0 Å². The molecule has 7 heteroatoms. The van der Waals surface area contributed by atoms with E-state index in [0.29, 0.717) is 13.0 Å². The highest BCUT2D eigenvalue weighted by atomic mass is 32.1. The van der Waals surface area contributed by atoms with Gasteiger partial charge in [0.05, 0.1) is 12.1 Å². The van der Waals surface area contributed by atoms with Gasteiger partial charge in [0.1, 0.15) is 11.1 Å². The molecule has 0 unspecified atom stereocenters. The smallest absolute Gasteiger partial charge is 0.303 e. The van der Waals surface area contributed by atoms with Crippen molar-refractivity contribution in [2.24, 2.45) is 0 Å². The van der Waals surface area contributed by atoms with Crippen LogP contribution in [-0.4, -0.2) is 46.1 Å². The summed E-state index contributed by atoms with van der Waals surface area (Å²) < 4.78 is 5.53. The van der Waals surface area contributed by atoms with Gasteiger partial charge in [-0.3, -0.25) is 9.59 Å². The predicted molar refractivity (Wildman–Crippen MR) is 92.1 cm³/mol. The molecule has 0 saturated carbocycles. The van der Waals surface area contributed by atoms with Gasteiger partial charge in [0.2, 0.25) is 5.91 Å². The molecule has 24 heavy (non-hydrogen) atoms. The summed E-state index contributed by atoms with van der Waals surface area (Å²) in [5.74, 6) is -0.756. The Bertz CT molecular complexity index is 561. The fourth-order valence-electron chi connectivity index (χ4n) is 3.09. The standard InChI is InChI=1S/C17H26N2O4S/c1-3-23-12(2)17-18-13(11-24-17)10-15(20)19-9-5-4-6-14(19)7-8-16(21)22/h11-12,14H,3-10H2,1-2H3,(H,21,22)/t12-,14-/m1/s1. The van der Waals surface area contributed by atoms with Crippen molar-refractivity contribution < 1.29 is 19.4 Å². The van der Waals surface area contributed by atoms with Gasteiger partial charge in [0.25, 0.3) is 0 Å². The first-order valence-corrected chi connectivity index (χ1v) is 9.46. The molecule has 1 aliphatic rings. The molecule has 1 aromatic heterocycles. The molecule has 0 spiro atoms. The summed E-state index contributed by atoms with van der Waals surface area (Å²) in [7, 11) is 0. The van der Waals surface area contributed by atoms with Gasteiger partial charge in [-0.2, -0.15) is 0 Å². The second-order valence-corrected chi connectivity index (χ2v) is 7.01. The van der Waals surface area contributed by atoms with E-state index in [1.807, 2.05) is 24.1 Å². The summed E-state index contributed by atoms with van der Waals surface area (Å²) in [6.45, 7) is 5.26. The van der Waals surface area contributed by atoms with Gasteiger partial charge in [0, 0.05) is 31.0 Å². The predicted octanol–water partition coefficient (Wildman–Crippen LogP) is 3.03. The van der Waals surface area contributed by atoms with Gasteiger partial charge in [-0.1, -0.05) is 0 Å². The van der Waals surface area contributed by atoms with Crippen molar-refractivity contribution in [1.29, 1.82) is 0 Å². The zero-order valence-corrected chi connectivity index (χ0v) is 15.2. The Morgan fingerprint density at radius 3 is 3.00 bits per heavy atom. The van der Waals surface area contributed by atoms with Gasteiger partial charge in [-0.05, 0) is 39.5 Å². The van der Waals surface area contributed by atoms with E-state index in [9.17, 15) is 9.59 Å². The first kappa shape index (κ1) is 18.9. The number of carboxylic acid groups (broad SMARTS) is 1. The van der Waals surface area contributed by atoms with Crippen LogP contribution < -0.4 is 0 Å². The lowest BCUT2D eigenvalue weighted by Crippen LogP contribution is -2.44. The summed E-state index contributed by atoms with van der Waals surface area (Å²) in [6, 6.07) is 0.0443. The quantitative estimate of drug-likeness (QED) is 0.776. The van der Waals surface area contributed by atoms with E-state index < -0.39 is 5.97 Å². The highest BCUT2D eigenvalue weighted by molar-refractivity contribution is 7.09. The van der Waals surface area contributed by atoms with Gasteiger partial charge in [-0.25, -0.2) is 4.98 Å². The summed E-state index contributed by atoms with van der Waals surface area (Å²) >= 11 is 1.52. The second kappa shape index (κ2) is 9.13. The maximum absolute atomic E-state index is 12.6. The third-order valence-corrected chi connectivity index (χ3v) is 5.36. The topological polar surface area (TPSA) is 79.7 Å². The van der Waals surface area contributed by atoms with Gasteiger partial charge < -0.3 is 14.7 Å². The van der Waals surface area contributed by atoms with E-state index in [4.69, 9.17) is 9.84 Å². The normalized spacial score (nSPS) is 19.2. The largest absolute Gasteiger partial charge is 0.481 e. The lowest BCUT2D eigenvalue weighted by Gasteiger charge is -2.35. The highest BCUT2D eigenvalue weighted by Crippen LogP contribution is 2.24. The van der Waals surface area contributed by atoms with E-state index >= 15 is 0 Å².